The predicted octanol–water partition coefficient (Wildman–Crippen LogP) is 2.95. The van der Waals surface area contributed by atoms with Gasteiger partial charge in [-0.25, -0.2) is 4.68 Å². The van der Waals surface area contributed by atoms with Crippen LogP contribution in [0.4, 0.5) is 0 Å². The topological polar surface area (TPSA) is 91.6 Å². The van der Waals surface area contributed by atoms with Crippen LogP contribution in [0.5, 0.6) is 0 Å². The van der Waals surface area contributed by atoms with E-state index in [0.717, 1.165) is 17.8 Å². The molecule has 1 unspecified atom stereocenters. The Hall–Kier alpha value is -3.78. The monoisotopic (exact) mass is 445 g/mol. The van der Waals surface area contributed by atoms with Gasteiger partial charge in [-0.15, -0.1) is 0 Å². The molecule has 0 radical (unpaired) electrons. The van der Waals surface area contributed by atoms with Gasteiger partial charge < -0.3 is 14.9 Å². The molecule has 3 aromatic rings. The number of carbonyl (C=O) groups excluding carboxylic acids is 2. The SMILES string of the molecule is Cc1c(/C(O)=C2/C(=O)C(=O)N(CCCN(C)C)C2c2ccncc2)cnn1-c1ccccc1. The van der Waals surface area contributed by atoms with Crippen LogP contribution in [0.2, 0.25) is 0 Å². The molecule has 33 heavy (non-hydrogen) atoms. The third-order valence-electron chi connectivity index (χ3n) is 5.83. The molecule has 1 aliphatic heterocycles. The standard InChI is InChI=1S/C25H27N5O3/c1-17-20(16-27-30(17)19-8-5-4-6-9-19)23(31)21-22(18-10-12-26-13-11-18)29(25(33)24(21)32)15-7-14-28(2)3/h4-6,8-13,16,22,31H,7,14-15H2,1-3H3/b23-21-. The molecule has 1 aliphatic rings. The van der Waals surface area contributed by atoms with Crippen molar-refractivity contribution in [2.24, 2.45) is 0 Å². The summed E-state index contributed by atoms with van der Waals surface area (Å²) in [6.45, 7) is 2.99. The summed E-state index contributed by atoms with van der Waals surface area (Å²) in [6.07, 6.45) is 5.47. The van der Waals surface area contributed by atoms with E-state index in [2.05, 4.69) is 10.1 Å². The zero-order valence-corrected chi connectivity index (χ0v) is 19.0. The van der Waals surface area contributed by atoms with E-state index in [9.17, 15) is 14.7 Å². The summed E-state index contributed by atoms with van der Waals surface area (Å²) in [5, 5.41) is 15.7. The maximum Gasteiger partial charge on any atom is 0.295 e. The van der Waals surface area contributed by atoms with Crippen molar-refractivity contribution in [1.82, 2.24) is 24.6 Å². The molecule has 0 spiro atoms. The number of aliphatic hydroxyl groups is 1. The van der Waals surface area contributed by atoms with Crippen molar-refractivity contribution in [2.45, 2.75) is 19.4 Å². The first kappa shape index (κ1) is 22.4. The highest BCUT2D eigenvalue weighted by Gasteiger charge is 2.46. The van der Waals surface area contributed by atoms with E-state index >= 15 is 0 Å². The lowest BCUT2D eigenvalue weighted by Gasteiger charge is -2.25. The summed E-state index contributed by atoms with van der Waals surface area (Å²) in [7, 11) is 3.92. The van der Waals surface area contributed by atoms with E-state index in [4.69, 9.17) is 0 Å². The van der Waals surface area contributed by atoms with Crippen molar-refractivity contribution in [3.63, 3.8) is 0 Å². The van der Waals surface area contributed by atoms with Crippen LogP contribution >= 0.6 is 0 Å². The summed E-state index contributed by atoms with van der Waals surface area (Å²) in [5.41, 5.74) is 2.73. The number of para-hydroxylation sites is 1. The molecule has 4 rings (SSSR count). The van der Waals surface area contributed by atoms with E-state index in [1.807, 2.05) is 56.3 Å². The lowest BCUT2D eigenvalue weighted by molar-refractivity contribution is -0.139. The van der Waals surface area contributed by atoms with Crippen LogP contribution < -0.4 is 0 Å². The number of nitrogens with zero attached hydrogens (tertiary/aromatic N) is 5. The van der Waals surface area contributed by atoms with Crippen LogP contribution in [0.3, 0.4) is 0 Å². The first-order valence-corrected chi connectivity index (χ1v) is 10.8. The van der Waals surface area contributed by atoms with Gasteiger partial charge in [-0.1, -0.05) is 18.2 Å². The first-order chi connectivity index (χ1) is 15.9. The molecular weight excluding hydrogens is 418 g/mol. The Labute approximate surface area is 192 Å². The number of benzene rings is 1. The summed E-state index contributed by atoms with van der Waals surface area (Å²) >= 11 is 0. The fraction of sp³-hybridized carbons (Fsp3) is 0.280. The zero-order valence-electron chi connectivity index (χ0n) is 19.0. The Kier molecular flexibility index (Phi) is 6.37. The molecule has 1 aromatic carbocycles. The van der Waals surface area contributed by atoms with Crippen molar-refractivity contribution in [3.05, 3.63) is 83.4 Å². The fourth-order valence-electron chi connectivity index (χ4n) is 4.18. The van der Waals surface area contributed by atoms with Crippen LogP contribution in [0, 0.1) is 6.92 Å². The van der Waals surface area contributed by atoms with Crippen molar-refractivity contribution in [1.29, 1.82) is 0 Å². The molecule has 2 aromatic heterocycles. The van der Waals surface area contributed by atoms with Crippen molar-refractivity contribution in [2.75, 3.05) is 27.2 Å². The molecule has 0 bridgehead atoms. The summed E-state index contributed by atoms with van der Waals surface area (Å²) in [6, 6.07) is 12.4. The second kappa shape index (κ2) is 9.38. The van der Waals surface area contributed by atoms with Crippen molar-refractivity contribution in [3.8, 4) is 5.69 Å². The maximum atomic E-state index is 13.1. The minimum Gasteiger partial charge on any atom is -0.507 e. The number of Topliss-reactive ketones (excluding diaryl/α,β-unsaturated/α-hetero) is 1. The smallest absolute Gasteiger partial charge is 0.295 e. The molecule has 1 amide bonds. The number of rotatable bonds is 7. The van der Waals surface area contributed by atoms with Gasteiger partial charge in [-0.3, -0.25) is 14.6 Å². The van der Waals surface area contributed by atoms with Crippen LogP contribution in [0.15, 0.2) is 66.6 Å². The van der Waals surface area contributed by atoms with E-state index in [0.29, 0.717) is 24.2 Å². The average molecular weight is 446 g/mol. The number of hydrogen-bond acceptors (Lipinski definition) is 6. The third-order valence-corrected chi connectivity index (χ3v) is 5.83. The Balaban J connectivity index is 1.79. The lowest BCUT2D eigenvalue weighted by atomic mass is 9.96. The Morgan fingerprint density at radius 2 is 1.79 bits per heavy atom. The number of aliphatic hydroxyl groups excluding tert-OH is 1. The van der Waals surface area contributed by atoms with E-state index in [1.165, 1.54) is 6.20 Å². The molecule has 0 aliphatic carbocycles. The third kappa shape index (κ3) is 4.29. The van der Waals surface area contributed by atoms with Gasteiger partial charge in [-0.05, 0) is 63.8 Å². The summed E-state index contributed by atoms with van der Waals surface area (Å²) < 4.78 is 1.70. The van der Waals surface area contributed by atoms with E-state index in [-0.39, 0.29) is 11.3 Å². The number of aromatic nitrogens is 3. The van der Waals surface area contributed by atoms with Gasteiger partial charge >= 0.3 is 0 Å². The van der Waals surface area contributed by atoms with Crippen LogP contribution in [-0.4, -0.2) is 68.5 Å². The highest BCUT2D eigenvalue weighted by molar-refractivity contribution is 6.46. The molecule has 1 saturated heterocycles. The Morgan fingerprint density at radius 1 is 1.09 bits per heavy atom. The Morgan fingerprint density at radius 3 is 2.45 bits per heavy atom. The summed E-state index contributed by atoms with van der Waals surface area (Å²) in [4.78, 5) is 33.8. The average Bonchev–Trinajstić information content (AvgIpc) is 3.32. The number of likely N-dealkylation sites (tertiary alicyclic amines) is 1. The Bertz CT molecular complexity index is 1190. The minimum absolute atomic E-state index is 0.0757. The molecule has 170 valence electrons. The second-order valence-corrected chi connectivity index (χ2v) is 8.32. The predicted molar refractivity (Wildman–Crippen MR) is 125 cm³/mol. The largest absolute Gasteiger partial charge is 0.507 e. The van der Waals surface area contributed by atoms with Gasteiger partial charge in [0.05, 0.1) is 34.8 Å². The minimum atomic E-state index is -0.689. The molecule has 1 N–H and O–H groups in total. The zero-order chi connectivity index (χ0) is 23.5. The highest BCUT2D eigenvalue weighted by Crippen LogP contribution is 2.39. The van der Waals surface area contributed by atoms with Gasteiger partial charge in [0.2, 0.25) is 0 Å². The molecule has 1 atom stereocenters. The first-order valence-electron chi connectivity index (χ1n) is 10.8. The number of amides is 1. The van der Waals surface area contributed by atoms with Crippen LogP contribution in [-0.2, 0) is 9.59 Å². The fourth-order valence-corrected chi connectivity index (χ4v) is 4.18. The van der Waals surface area contributed by atoms with Gasteiger partial charge in [-0.2, -0.15) is 5.10 Å². The van der Waals surface area contributed by atoms with Gasteiger partial charge in [0.25, 0.3) is 11.7 Å². The number of carbonyl (C=O) groups is 2. The second-order valence-electron chi connectivity index (χ2n) is 8.32. The maximum absolute atomic E-state index is 13.1. The molecule has 8 nitrogen and oxygen atoms in total. The van der Waals surface area contributed by atoms with Crippen LogP contribution in [0.25, 0.3) is 11.4 Å². The molecular formula is C25H27N5O3. The number of pyridine rings is 1. The van der Waals surface area contributed by atoms with Crippen LogP contribution in [0.1, 0.15) is 29.3 Å². The molecule has 1 fully saturated rings. The lowest BCUT2D eigenvalue weighted by Crippen LogP contribution is -2.32. The summed E-state index contributed by atoms with van der Waals surface area (Å²) in [5.74, 6) is -1.51. The highest BCUT2D eigenvalue weighted by atomic mass is 16.3. The van der Waals surface area contributed by atoms with Gasteiger partial charge in [0.1, 0.15) is 5.76 Å². The van der Waals surface area contributed by atoms with E-state index in [1.54, 1.807) is 34.1 Å². The molecule has 0 saturated carbocycles. The van der Waals surface area contributed by atoms with Crippen molar-refractivity contribution >= 4 is 17.4 Å². The molecule has 3 heterocycles. The normalized spacial score (nSPS) is 17.8. The number of ketones is 1. The quantitative estimate of drug-likeness (QED) is 0.342. The van der Waals surface area contributed by atoms with Gasteiger partial charge in [0.15, 0.2) is 0 Å². The molecule has 8 heteroatoms. The van der Waals surface area contributed by atoms with E-state index < -0.39 is 17.7 Å². The van der Waals surface area contributed by atoms with Gasteiger partial charge in [0, 0.05) is 18.9 Å². The van der Waals surface area contributed by atoms with Crippen molar-refractivity contribution < 1.29 is 14.7 Å². The number of hydrogen-bond donors (Lipinski definition) is 1.